The summed E-state index contributed by atoms with van der Waals surface area (Å²) in [5.74, 6) is 1.74. The summed E-state index contributed by atoms with van der Waals surface area (Å²) in [7, 11) is 0. The molecule has 0 radical (unpaired) electrons. The number of imidazole rings is 1. The van der Waals surface area contributed by atoms with E-state index >= 15 is 0 Å². The van der Waals surface area contributed by atoms with E-state index in [1.165, 1.54) is 96.3 Å². The van der Waals surface area contributed by atoms with Crippen molar-refractivity contribution in [3.8, 4) is 6.01 Å². The Kier molecular flexibility index (Phi) is 22.7. The molecule has 0 amide bonds. The fourth-order valence-electron chi connectivity index (χ4n) is 4.60. The van der Waals surface area contributed by atoms with E-state index < -0.39 is 0 Å². The Morgan fingerprint density at radius 3 is 1.95 bits per heavy atom. The smallest absolute Gasteiger partial charge is 0.316 e. The lowest BCUT2D eigenvalue weighted by atomic mass is 10.0. The number of rotatable bonds is 29. The first-order chi connectivity index (χ1) is 19.9. The van der Waals surface area contributed by atoms with Crippen LogP contribution in [0.1, 0.15) is 110 Å². The first kappa shape index (κ1) is 34.6. The second kappa shape index (κ2) is 26.3. The third-order valence-corrected chi connectivity index (χ3v) is 8.05. The van der Waals surface area contributed by atoms with Gasteiger partial charge in [0.25, 0.3) is 0 Å². The van der Waals surface area contributed by atoms with Gasteiger partial charge in [-0.15, -0.1) is 0 Å². The van der Waals surface area contributed by atoms with Crippen LogP contribution in [0, 0.1) is 0 Å². The first-order valence-corrected chi connectivity index (χ1v) is 17.2. The van der Waals surface area contributed by atoms with Crippen LogP contribution in [-0.2, 0) is 16.0 Å². The Labute approximate surface area is 248 Å². The molecule has 2 rings (SSSR count). The van der Waals surface area contributed by atoms with Gasteiger partial charge in [0.15, 0.2) is 0 Å². The molecule has 0 N–H and O–H groups in total. The highest BCUT2D eigenvalue weighted by Gasteiger charge is 2.13. The number of aromatic nitrogens is 4. The molecule has 0 fully saturated rings. The minimum Gasteiger partial charge on any atom is -0.457 e. The van der Waals surface area contributed by atoms with E-state index in [2.05, 4.69) is 21.9 Å². The first-order valence-electron chi connectivity index (χ1n) is 16.0. The molecule has 228 valence electrons. The van der Waals surface area contributed by atoms with Crippen molar-refractivity contribution in [2.45, 2.75) is 122 Å². The summed E-state index contributed by atoms with van der Waals surface area (Å²) in [6.07, 6.45) is 31.0. The van der Waals surface area contributed by atoms with Crippen molar-refractivity contribution in [2.24, 2.45) is 0 Å². The monoisotopic (exact) mass is 576 g/mol. The summed E-state index contributed by atoms with van der Waals surface area (Å²) >= 11 is 1.81. The van der Waals surface area contributed by atoms with Gasteiger partial charge in [0.1, 0.15) is 6.10 Å². The molecule has 0 spiro atoms. The van der Waals surface area contributed by atoms with Gasteiger partial charge in [-0.3, -0.25) is 0 Å². The van der Waals surface area contributed by atoms with Crippen LogP contribution in [0.3, 0.4) is 0 Å². The highest BCUT2D eigenvalue weighted by atomic mass is 32.2. The Bertz CT molecular complexity index is 767. The van der Waals surface area contributed by atoms with Gasteiger partial charge in [-0.05, 0) is 12.5 Å². The van der Waals surface area contributed by atoms with Crippen LogP contribution in [0.2, 0.25) is 0 Å². The molecule has 0 aromatic carbocycles. The Morgan fingerprint density at radius 2 is 1.35 bits per heavy atom. The lowest BCUT2D eigenvalue weighted by Gasteiger charge is -2.17. The molecule has 0 aliphatic carbocycles. The van der Waals surface area contributed by atoms with E-state index in [1.54, 1.807) is 24.7 Å². The molecule has 2 heterocycles. The second-order valence-corrected chi connectivity index (χ2v) is 11.8. The summed E-state index contributed by atoms with van der Waals surface area (Å²) in [4.78, 5) is 12.5. The minimum absolute atomic E-state index is 0.0700. The molecule has 1 atom stereocenters. The number of thioether (sulfide) groups is 1. The Morgan fingerprint density at radius 1 is 0.725 bits per heavy atom. The van der Waals surface area contributed by atoms with Gasteiger partial charge in [0, 0.05) is 49.4 Å². The van der Waals surface area contributed by atoms with Crippen molar-refractivity contribution in [1.82, 2.24) is 19.5 Å². The fourth-order valence-corrected chi connectivity index (χ4v) is 5.43. The maximum absolute atomic E-state index is 6.01. The van der Waals surface area contributed by atoms with Gasteiger partial charge < -0.3 is 18.8 Å². The molecule has 2 aromatic rings. The minimum atomic E-state index is -0.0700. The van der Waals surface area contributed by atoms with Crippen molar-refractivity contribution < 1.29 is 14.2 Å². The van der Waals surface area contributed by atoms with Gasteiger partial charge >= 0.3 is 6.01 Å². The highest BCUT2D eigenvalue weighted by molar-refractivity contribution is 7.99. The van der Waals surface area contributed by atoms with Crippen LogP contribution >= 0.6 is 11.8 Å². The van der Waals surface area contributed by atoms with Gasteiger partial charge in [-0.25, -0.2) is 15.0 Å². The highest BCUT2D eigenvalue weighted by Crippen LogP contribution is 2.14. The van der Waals surface area contributed by atoms with Crippen LogP contribution in [-0.4, -0.2) is 63.6 Å². The van der Waals surface area contributed by atoms with Crippen molar-refractivity contribution in [1.29, 1.82) is 0 Å². The quantitative estimate of drug-likeness (QED) is 0.0905. The van der Waals surface area contributed by atoms with Crippen LogP contribution < -0.4 is 4.74 Å². The lowest BCUT2D eigenvalue weighted by Crippen LogP contribution is -2.27. The fraction of sp³-hybridized carbons (Fsp3) is 0.781. The van der Waals surface area contributed by atoms with Gasteiger partial charge in [-0.1, -0.05) is 103 Å². The van der Waals surface area contributed by atoms with E-state index in [0.29, 0.717) is 25.8 Å². The molecule has 0 aliphatic rings. The van der Waals surface area contributed by atoms with Crippen molar-refractivity contribution in [3.63, 3.8) is 0 Å². The normalized spacial score (nSPS) is 12.1. The maximum Gasteiger partial charge on any atom is 0.316 e. The molecule has 1 unspecified atom stereocenters. The topological polar surface area (TPSA) is 71.3 Å². The summed E-state index contributed by atoms with van der Waals surface area (Å²) in [6, 6.07) is 2.21. The maximum atomic E-state index is 6.01. The zero-order chi connectivity index (χ0) is 28.2. The summed E-state index contributed by atoms with van der Waals surface area (Å²) in [6.45, 7) is 5.87. The molecular formula is C32H56N4O3S. The molecule has 7 nitrogen and oxygen atoms in total. The molecular weight excluding hydrogens is 520 g/mol. The van der Waals surface area contributed by atoms with E-state index in [-0.39, 0.29) is 6.10 Å². The number of hydrogen-bond acceptors (Lipinski definition) is 7. The number of unbranched alkanes of at least 4 members (excludes halogenated alkanes) is 15. The van der Waals surface area contributed by atoms with E-state index in [9.17, 15) is 0 Å². The zero-order valence-corrected chi connectivity index (χ0v) is 26.0. The summed E-state index contributed by atoms with van der Waals surface area (Å²) in [5, 5.41) is 0. The van der Waals surface area contributed by atoms with Crippen LogP contribution in [0.25, 0.3) is 0 Å². The molecule has 0 saturated heterocycles. The third-order valence-electron chi connectivity index (χ3n) is 6.99. The van der Waals surface area contributed by atoms with E-state index in [1.807, 2.05) is 28.9 Å². The number of nitrogens with zero attached hydrogens (tertiary/aromatic N) is 4. The Balaban J connectivity index is 1.41. The molecule has 0 aliphatic heterocycles. The predicted octanol–water partition coefficient (Wildman–Crippen LogP) is 8.15. The average molecular weight is 577 g/mol. The van der Waals surface area contributed by atoms with Crippen LogP contribution in [0.5, 0.6) is 6.01 Å². The van der Waals surface area contributed by atoms with Gasteiger partial charge in [0.05, 0.1) is 26.1 Å². The van der Waals surface area contributed by atoms with Gasteiger partial charge in [-0.2, -0.15) is 11.8 Å². The number of ether oxygens (including phenoxy) is 3. The largest absolute Gasteiger partial charge is 0.457 e. The predicted molar refractivity (Wildman–Crippen MR) is 167 cm³/mol. The molecule has 0 saturated carbocycles. The summed E-state index contributed by atoms with van der Waals surface area (Å²) in [5.41, 5.74) is 0. The van der Waals surface area contributed by atoms with Crippen molar-refractivity contribution >= 4 is 11.8 Å². The lowest BCUT2D eigenvalue weighted by molar-refractivity contribution is 0.0541. The summed E-state index contributed by atoms with van der Waals surface area (Å²) < 4.78 is 19.8. The molecule has 8 heteroatoms. The van der Waals surface area contributed by atoms with Crippen LogP contribution in [0.4, 0.5) is 0 Å². The SMILES string of the molecule is CCCCCCCCCCCCCCCCCCOCC(CSCCOCCn1ccnc1)Oc1ncccn1. The van der Waals surface area contributed by atoms with E-state index in [0.717, 1.165) is 31.1 Å². The van der Waals surface area contributed by atoms with Crippen molar-refractivity contribution in [2.75, 3.05) is 37.9 Å². The molecule has 2 aromatic heterocycles. The average Bonchev–Trinajstić information content (AvgIpc) is 3.50. The molecule has 0 bridgehead atoms. The van der Waals surface area contributed by atoms with Crippen molar-refractivity contribution in [3.05, 3.63) is 37.2 Å². The third kappa shape index (κ3) is 20.3. The standard InChI is InChI=1S/C32H56N4O3S/c1-2-3-4-5-6-7-8-9-10-11-12-13-14-15-16-17-24-38-28-31(39-32-34-19-18-20-35-32)29-40-27-26-37-25-23-36-22-21-33-30-36/h18-22,30-31H,2-17,23-29H2,1H3. The second-order valence-electron chi connectivity index (χ2n) is 10.6. The van der Waals surface area contributed by atoms with Gasteiger partial charge in [0.2, 0.25) is 0 Å². The number of hydrogen-bond donors (Lipinski definition) is 0. The van der Waals surface area contributed by atoms with E-state index in [4.69, 9.17) is 14.2 Å². The molecule has 40 heavy (non-hydrogen) atoms. The zero-order valence-electron chi connectivity index (χ0n) is 25.2. The Hall–Kier alpha value is -1.64. The van der Waals surface area contributed by atoms with Crippen LogP contribution in [0.15, 0.2) is 37.2 Å².